The summed E-state index contributed by atoms with van der Waals surface area (Å²) in [6.45, 7) is 1.54. The number of piperidine rings is 1. The summed E-state index contributed by atoms with van der Waals surface area (Å²) in [7, 11) is 0. The molecule has 0 radical (unpaired) electrons. The molecular weight excluding hydrogens is 510 g/mol. The van der Waals surface area contributed by atoms with Crippen molar-refractivity contribution < 1.29 is 23.5 Å². The van der Waals surface area contributed by atoms with E-state index in [1.165, 1.54) is 10.5 Å². The highest BCUT2D eigenvalue weighted by molar-refractivity contribution is 6.32. The molecule has 7 rings (SSSR count). The second-order valence-electron chi connectivity index (χ2n) is 10.3. The SMILES string of the molecule is O=C1CCC(N2Cc3c(Cl)cc(C4(Nc5nnc(-c6ccc7c(c6)COCC7)o5)CC4)cc3C2=O)C(=O)N1. The molecule has 1 atom stereocenters. The molecule has 3 amide bonds. The molecule has 1 unspecified atom stereocenters. The van der Waals surface area contributed by atoms with Crippen molar-refractivity contribution >= 4 is 35.3 Å². The molecule has 4 heterocycles. The van der Waals surface area contributed by atoms with Crippen LogP contribution in [0.5, 0.6) is 0 Å². The number of amides is 3. The number of benzene rings is 2. The zero-order valence-corrected chi connectivity index (χ0v) is 21.1. The Labute approximate surface area is 222 Å². The molecule has 2 aromatic carbocycles. The van der Waals surface area contributed by atoms with Gasteiger partial charge in [0.2, 0.25) is 17.7 Å². The lowest BCUT2D eigenvalue weighted by Gasteiger charge is -2.29. The molecule has 3 aromatic rings. The van der Waals surface area contributed by atoms with Gasteiger partial charge in [0.25, 0.3) is 5.91 Å². The van der Waals surface area contributed by atoms with Gasteiger partial charge < -0.3 is 19.4 Å². The number of aromatic nitrogens is 2. The summed E-state index contributed by atoms with van der Waals surface area (Å²) in [4.78, 5) is 38.8. The van der Waals surface area contributed by atoms with Crippen LogP contribution in [-0.2, 0) is 39.4 Å². The summed E-state index contributed by atoms with van der Waals surface area (Å²) in [5.74, 6) is -0.607. The van der Waals surface area contributed by atoms with Gasteiger partial charge in [-0.1, -0.05) is 22.8 Å². The van der Waals surface area contributed by atoms with E-state index in [2.05, 4.69) is 26.9 Å². The number of ether oxygens (including phenoxy) is 1. The molecule has 2 fully saturated rings. The highest BCUT2D eigenvalue weighted by atomic mass is 35.5. The summed E-state index contributed by atoms with van der Waals surface area (Å²) < 4.78 is 11.5. The topological polar surface area (TPSA) is 127 Å². The van der Waals surface area contributed by atoms with E-state index >= 15 is 0 Å². The van der Waals surface area contributed by atoms with Crippen LogP contribution in [0.25, 0.3) is 11.5 Å². The van der Waals surface area contributed by atoms with Crippen molar-refractivity contribution in [3.8, 4) is 11.5 Å². The van der Waals surface area contributed by atoms with E-state index in [0.29, 0.717) is 41.1 Å². The Hall–Kier alpha value is -3.76. The molecule has 2 N–H and O–H groups in total. The minimum atomic E-state index is -0.688. The molecule has 1 aliphatic carbocycles. The van der Waals surface area contributed by atoms with Gasteiger partial charge in [-0.05, 0) is 66.6 Å². The van der Waals surface area contributed by atoms with Crippen molar-refractivity contribution in [1.82, 2.24) is 20.4 Å². The summed E-state index contributed by atoms with van der Waals surface area (Å²) >= 11 is 6.66. The number of imide groups is 1. The fraction of sp³-hybridized carbons (Fsp3) is 0.370. The van der Waals surface area contributed by atoms with Crippen LogP contribution in [0.4, 0.5) is 6.01 Å². The Balaban J connectivity index is 1.12. The first-order valence-electron chi connectivity index (χ1n) is 12.7. The fourth-order valence-electron chi connectivity index (χ4n) is 5.60. The second kappa shape index (κ2) is 8.64. The number of nitrogens with zero attached hydrogens (tertiary/aromatic N) is 3. The number of carbonyl (C=O) groups is 3. The highest BCUT2D eigenvalue weighted by Gasteiger charge is 2.48. The summed E-state index contributed by atoms with van der Waals surface area (Å²) in [5.41, 5.74) is 4.78. The van der Waals surface area contributed by atoms with Gasteiger partial charge in [0.05, 0.1) is 18.8 Å². The number of hydrogen-bond donors (Lipinski definition) is 2. The van der Waals surface area contributed by atoms with Gasteiger partial charge in [-0.15, -0.1) is 5.10 Å². The van der Waals surface area contributed by atoms with Crippen molar-refractivity contribution in [3.05, 3.63) is 63.2 Å². The maximum atomic E-state index is 13.3. The van der Waals surface area contributed by atoms with Gasteiger partial charge in [0.1, 0.15) is 6.04 Å². The van der Waals surface area contributed by atoms with Crippen molar-refractivity contribution in [2.75, 3.05) is 11.9 Å². The first kappa shape index (κ1) is 23.4. The minimum Gasteiger partial charge on any atom is -0.403 e. The normalized spacial score (nSPS) is 21.7. The molecule has 38 heavy (non-hydrogen) atoms. The van der Waals surface area contributed by atoms with Crippen molar-refractivity contribution in [1.29, 1.82) is 0 Å². The Morgan fingerprint density at radius 3 is 2.76 bits per heavy atom. The fourth-order valence-corrected chi connectivity index (χ4v) is 5.88. The zero-order chi connectivity index (χ0) is 26.0. The largest absolute Gasteiger partial charge is 0.403 e. The molecule has 3 aliphatic heterocycles. The zero-order valence-electron chi connectivity index (χ0n) is 20.4. The average Bonchev–Trinajstić information content (AvgIpc) is 3.41. The lowest BCUT2D eigenvalue weighted by Crippen LogP contribution is -2.52. The van der Waals surface area contributed by atoms with Gasteiger partial charge >= 0.3 is 6.01 Å². The van der Waals surface area contributed by atoms with Crippen LogP contribution in [0.1, 0.15) is 58.3 Å². The molecule has 0 spiro atoms. The Bertz CT molecular complexity index is 1510. The first-order chi connectivity index (χ1) is 18.4. The number of carbonyl (C=O) groups excluding carboxylic acids is 3. The van der Waals surface area contributed by atoms with E-state index in [4.69, 9.17) is 20.8 Å². The van der Waals surface area contributed by atoms with Crippen LogP contribution in [0.15, 0.2) is 34.7 Å². The maximum absolute atomic E-state index is 13.3. The number of rotatable bonds is 5. The highest BCUT2D eigenvalue weighted by Crippen LogP contribution is 2.50. The third-order valence-electron chi connectivity index (χ3n) is 7.90. The lowest BCUT2D eigenvalue weighted by molar-refractivity contribution is -0.136. The van der Waals surface area contributed by atoms with Crippen molar-refractivity contribution in [3.63, 3.8) is 0 Å². The summed E-state index contributed by atoms with van der Waals surface area (Å²) in [6, 6.07) is 9.40. The van der Waals surface area contributed by atoms with E-state index in [9.17, 15) is 14.4 Å². The predicted molar refractivity (Wildman–Crippen MR) is 135 cm³/mol. The van der Waals surface area contributed by atoms with Crippen molar-refractivity contribution in [2.24, 2.45) is 0 Å². The molecule has 10 nitrogen and oxygen atoms in total. The summed E-state index contributed by atoms with van der Waals surface area (Å²) in [5, 5.41) is 14.6. The first-order valence-corrected chi connectivity index (χ1v) is 13.1. The van der Waals surface area contributed by atoms with E-state index in [1.54, 1.807) is 0 Å². The number of nitrogens with one attached hydrogen (secondary N) is 2. The van der Waals surface area contributed by atoms with Crippen molar-refractivity contribution in [2.45, 2.75) is 56.8 Å². The van der Waals surface area contributed by atoms with Crippen LogP contribution in [-0.4, -0.2) is 45.5 Å². The van der Waals surface area contributed by atoms with Gasteiger partial charge in [0.15, 0.2) is 0 Å². The molecule has 1 saturated heterocycles. The van der Waals surface area contributed by atoms with E-state index in [-0.39, 0.29) is 24.8 Å². The minimum absolute atomic E-state index is 0.202. The van der Waals surface area contributed by atoms with E-state index < -0.39 is 17.5 Å². The van der Waals surface area contributed by atoms with Gasteiger partial charge in [-0.25, -0.2) is 0 Å². The monoisotopic (exact) mass is 533 g/mol. The van der Waals surface area contributed by atoms with Crippen LogP contribution < -0.4 is 10.6 Å². The molecule has 11 heteroatoms. The van der Waals surface area contributed by atoms with Gasteiger partial charge in [-0.3, -0.25) is 19.7 Å². The quantitative estimate of drug-likeness (QED) is 0.478. The second-order valence-corrected chi connectivity index (χ2v) is 10.7. The average molecular weight is 534 g/mol. The van der Waals surface area contributed by atoms with E-state index in [1.807, 2.05) is 24.3 Å². The molecule has 1 saturated carbocycles. The third-order valence-corrected chi connectivity index (χ3v) is 8.24. The smallest absolute Gasteiger partial charge is 0.316 e. The van der Waals surface area contributed by atoms with Crippen LogP contribution in [0, 0.1) is 0 Å². The third kappa shape index (κ3) is 3.86. The van der Waals surface area contributed by atoms with E-state index in [0.717, 1.165) is 42.6 Å². The Morgan fingerprint density at radius 1 is 1.08 bits per heavy atom. The van der Waals surface area contributed by atoms with Gasteiger partial charge in [-0.2, -0.15) is 0 Å². The van der Waals surface area contributed by atoms with Crippen LogP contribution in [0.2, 0.25) is 5.02 Å². The van der Waals surface area contributed by atoms with Crippen LogP contribution in [0.3, 0.4) is 0 Å². The molecular formula is C27H24ClN5O5. The molecule has 0 bridgehead atoms. The van der Waals surface area contributed by atoms with Gasteiger partial charge in [0, 0.05) is 34.7 Å². The number of hydrogen-bond acceptors (Lipinski definition) is 8. The molecule has 194 valence electrons. The lowest BCUT2D eigenvalue weighted by atomic mass is 9.99. The number of halogens is 1. The van der Waals surface area contributed by atoms with Crippen LogP contribution >= 0.6 is 11.6 Å². The Kier molecular flexibility index (Phi) is 5.31. The maximum Gasteiger partial charge on any atom is 0.316 e. The molecule has 4 aliphatic rings. The number of fused-ring (bicyclic) bond motifs is 2. The number of anilines is 1. The predicted octanol–water partition coefficient (Wildman–Crippen LogP) is 3.32. The molecule has 1 aromatic heterocycles. The Morgan fingerprint density at radius 2 is 1.95 bits per heavy atom. The summed E-state index contributed by atoms with van der Waals surface area (Å²) in [6.07, 6.45) is 3.01. The standard InChI is InChI=1S/C27H24ClN5O5/c28-20-11-17(10-18-19(20)12-33(25(18)36)21-3-4-22(34)29-23(21)35)27(6-7-27)30-26-32-31-24(38-26)15-2-1-14-5-8-37-13-16(14)9-15/h1-2,9-11,21H,3-8,12-13H2,(H,30,32)(H,29,34,35).